The van der Waals surface area contributed by atoms with Crippen LogP contribution in [-0.4, -0.2) is 35.1 Å². The summed E-state index contributed by atoms with van der Waals surface area (Å²) in [6, 6.07) is 1.70. The van der Waals surface area contributed by atoms with Gasteiger partial charge >= 0.3 is 0 Å². The quantitative estimate of drug-likeness (QED) is 0.907. The highest BCUT2D eigenvalue weighted by molar-refractivity contribution is 7.09. The Morgan fingerprint density at radius 1 is 1.26 bits per heavy atom. The van der Waals surface area contributed by atoms with Gasteiger partial charge in [-0.25, -0.2) is 4.98 Å². The zero-order valence-electron chi connectivity index (χ0n) is 11.0. The first-order valence-electron chi connectivity index (χ1n) is 6.70. The van der Waals surface area contributed by atoms with Crippen molar-refractivity contribution in [2.24, 2.45) is 11.8 Å². The second-order valence-corrected chi connectivity index (χ2v) is 6.67. The third kappa shape index (κ3) is 2.32. The summed E-state index contributed by atoms with van der Waals surface area (Å²) in [5.74, 6) is 1.86. The SMILES string of the molecule is Cc1ncsc1CN1[C@@H]2CC[C@H]1[C@H]1CNC[C@H]12.Cl.Cl. The van der Waals surface area contributed by atoms with Crippen molar-refractivity contribution in [2.75, 3.05) is 13.1 Å². The van der Waals surface area contributed by atoms with Crippen LogP contribution in [0.1, 0.15) is 23.4 Å². The fourth-order valence-corrected chi connectivity index (χ4v) is 5.06. The molecule has 3 aliphatic rings. The number of fused-ring (bicyclic) bond motifs is 5. The van der Waals surface area contributed by atoms with Crippen LogP contribution in [0.3, 0.4) is 0 Å². The lowest BCUT2D eigenvalue weighted by Crippen LogP contribution is -2.33. The molecule has 1 aromatic rings. The Balaban J connectivity index is 0.000000667. The minimum atomic E-state index is 0. The molecular formula is C13H21Cl2N3S. The largest absolute Gasteiger partial charge is 0.316 e. The van der Waals surface area contributed by atoms with Gasteiger partial charge in [0.1, 0.15) is 0 Å². The molecule has 3 aliphatic heterocycles. The standard InChI is InChI=1S/C13H19N3S.2ClH/c1-8-13(17-7-15-8)6-16-11-2-3-12(16)10-5-14-4-9(10)11;;/h7,9-12,14H,2-6H2,1H3;2*1H/t9-,10+,11-,12+;;. The number of aryl methyl sites for hydroxylation is 1. The van der Waals surface area contributed by atoms with E-state index in [9.17, 15) is 0 Å². The van der Waals surface area contributed by atoms with Crippen LogP contribution < -0.4 is 5.32 Å². The average molecular weight is 322 g/mol. The summed E-state index contributed by atoms with van der Waals surface area (Å²) >= 11 is 1.83. The van der Waals surface area contributed by atoms with Crippen LogP contribution in [0.5, 0.6) is 0 Å². The zero-order chi connectivity index (χ0) is 11.4. The first-order chi connectivity index (χ1) is 8.34. The van der Waals surface area contributed by atoms with E-state index in [4.69, 9.17) is 0 Å². The molecule has 0 spiro atoms. The maximum Gasteiger partial charge on any atom is 0.0798 e. The fourth-order valence-electron chi connectivity index (χ4n) is 4.28. The Morgan fingerprint density at radius 3 is 2.42 bits per heavy atom. The van der Waals surface area contributed by atoms with Gasteiger partial charge in [-0.1, -0.05) is 0 Å². The van der Waals surface area contributed by atoms with Crippen molar-refractivity contribution in [3.63, 3.8) is 0 Å². The fraction of sp³-hybridized carbons (Fsp3) is 0.769. The molecule has 4 heterocycles. The second-order valence-electron chi connectivity index (χ2n) is 5.73. The molecule has 3 nitrogen and oxygen atoms in total. The molecule has 0 unspecified atom stereocenters. The van der Waals surface area contributed by atoms with E-state index in [2.05, 4.69) is 22.1 Å². The number of thiazole rings is 1. The highest BCUT2D eigenvalue weighted by Gasteiger charge is 2.54. The Morgan fingerprint density at radius 2 is 1.89 bits per heavy atom. The number of hydrogen-bond acceptors (Lipinski definition) is 4. The Bertz CT molecular complexity index is 421. The lowest BCUT2D eigenvalue weighted by molar-refractivity contribution is 0.220. The van der Waals surface area contributed by atoms with E-state index in [0.29, 0.717) is 0 Å². The number of aromatic nitrogens is 1. The summed E-state index contributed by atoms with van der Waals surface area (Å²) in [6.07, 6.45) is 2.84. The minimum Gasteiger partial charge on any atom is -0.316 e. The van der Waals surface area contributed by atoms with Crippen LogP contribution in [0.2, 0.25) is 0 Å². The topological polar surface area (TPSA) is 28.2 Å². The molecule has 4 atom stereocenters. The normalized spacial score (nSPS) is 35.8. The highest BCUT2D eigenvalue weighted by atomic mass is 35.5. The number of nitrogens with one attached hydrogen (secondary N) is 1. The summed E-state index contributed by atoms with van der Waals surface area (Å²) in [7, 11) is 0. The van der Waals surface area contributed by atoms with Crippen molar-refractivity contribution in [1.82, 2.24) is 15.2 Å². The molecule has 2 bridgehead atoms. The molecule has 0 amide bonds. The third-order valence-corrected chi connectivity index (χ3v) is 6.00. The molecule has 4 rings (SSSR count). The lowest BCUT2D eigenvalue weighted by Gasteiger charge is -2.23. The minimum absolute atomic E-state index is 0. The summed E-state index contributed by atoms with van der Waals surface area (Å²) in [5, 5.41) is 3.58. The van der Waals surface area contributed by atoms with Gasteiger partial charge in [-0.3, -0.25) is 4.90 Å². The van der Waals surface area contributed by atoms with Gasteiger partial charge in [-0.05, 0) is 44.7 Å². The van der Waals surface area contributed by atoms with E-state index in [1.165, 1.54) is 36.5 Å². The van der Waals surface area contributed by atoms with Gasteiger partial charge in [-0.2, -0.15) is 0 Å². The second kappa shape index (κ2) is 5.86. The number of nitrogens with zero attached hydrogens (tertiary/aromatic N) is 2. The van der Waals surface area contributed by atoms with Crippen molar-refractivity contribution in [1.29, 1.82) is 0 Å². The lowest BCUT2D eigenvalue weighted by atomic mass is 9.82. The van der Waals surface area contributed by atoms with Crippen molar-refractivity contribution >= 4 is 36.2 Å². The molecular weight excluding hydrogens is 301 g/mol. The Labute approximate surface area is 131 Å². The Hall–Kier alpha value is 0.130. The van der Waals surface area contributed by atoms with E-state index in [-0.39, 0.29) is 24.8 Å². The molecule has 0 aliphatic carbocycles. The van der Waals surface area contributed by atoms with Crippen LogP contribution in [0, 0.1) is 18.8 Å². The molecule has 1 aromatic heterocycles. The Kier molecular flexibility index (Phi) is 4.79. The smallest absolute Gasteiger partial charge is 0.0798 e. The molecule has 1 N–H and O–H groups in total. The van der Waals surface area contributed by atoms with Gasteiger partial charge in [-0.15, -0.1) is 36.2 Å². The maximum absolute atomic E-state index is 4.38. The van der Waals surface area contributed by atoms with E-state index >= 15 is 0 Å². The zero-order valence-corrected chi connectivity index (χ0v) is 13.5. The first-order valence-corrected chi connectivity index (χ1v) is 7.58. The third-order valence-electron chi connectivity index (χ3n) is 5.08. The van der Waals surface area contributed by atoms with Gasteiger partial charge in [0, 0.05) is 23.5 Å². The van der Waals surface area contributed by atoms with E-state index < -0.39 is 0 Å². The van der Waals surface area contributed by atoms with E-state index in [0.717, 1.165) is 30.5 Å². The van der Waals surface area contributed by atoms with Crippen molar-refractivity contribution < 1.29 is 0 Å². The monoisotopic (exact) mass is 321 g/mol. The van der Waals surface area contributed by atoms with Crippen LogP contribution in [-0.2, 0) is 6.54 Å². The van der Waals surface area contributed by atoms with Crippen molar-refractivity contribution in [3.8, 4) is 0 Å². The highest BCUT2D eigenvalue weighted by Crippen LogP contribution is 2.48. The molecule has 0 radical (unpaired) electrons. The van der Waals surface area contributed by atoms with Crippen LogP contribution in [0.25, 0.3) is 0 Å². The maximum atomic E-state index is 4.38. The number of hydrogen-bond donors (Lipinski definition) is 1. The molecule has 19 heavy (non-hydrogen) atoms. The number of halogens is 2. The molecule has 3 fully saturated rings. The predicted octanol–water partition coefficient (Wildman–Crippen LogP) is 2.48. The molecule has 108 valence electrons. The summed E-state index contributed by atoms with van der Waals surface area (Å²) < 4.78 is 0. The van der Waals surface area contributed by atoms with Crippen molar-refractivity contribution in [2.45, 2.75) is 38.4 Å². The van der Waals surface area contributed by atoms with Crippen LogP contribution in [0.4, 0.5) is 0 Å². The molecule has 0 saturated carbocycles. The van der Waals surface area contributed by atoms with Gasteiger partial charge in [0.15, 0.2) is 0 Å². The van der Waals surface area contributed by atoms with Crippen LogP contribution in [0.15, 0.2) is 5.51 Å². The first kappa shape index (κ1) is 15.5. The van der Waals surface area contributed by atoms with E-state index in [1.54, 1.807) is 0 Å². The summed E-state index contributed by atoms with van der Waals surface area (Å²) in [4.78, 5) is 8.65. The summed E-state index contributed by atoms with van der Waals surface area (Å²) in [5.41, 5.74) is 3.23. The number of rotatable bonds is 2. The van der Waals surface area contributed by atoms with Crippen molar-refractivity contribution in [3.05, 3.63) is 16.1 Å². The predicted molar refractivity (Wildman–Crippen MR) is 83.5 cm³/mol. The van der Waals surface area contributed by atoms with E-state index in [1.807, 2.05) is 16.8 Å². The molecule has 6 heteroatoms. The molecule has 0 aromatic carbocycles. The van der Waals surface area contributed by atoms with Gasteiger partial charge < -0.3 is 5.32 Å². The van der Waals surface area contributed by atoms with Crippen LogP contribution >= 0.6 is 36.2 Å². The molecule has 3 saturated heterocycles. The van der Waals surface area contributed by atoms with Gasteiger partial charge in [0.05, 0.1) is 11.2 Å². The summed E-state index contributed by atoms with van der Waals surface area (Å²) in [6.45, 7) is 5.80. The van der Waals surface area contributed by atoms with Gasteiger partial charge in [0.25, 0.3) is 0 Å². The average Bonchev–Trinajstić information content (AvgIpc) is 3.03. The van der Waals surface area contributed by atoms with Gasteiger partial charge in [0.2, 0.25) is 0 Å².